The van der Waals surface area contributed by atoms with Crippen molar-refractivity contribution >= 4 is 11.8 Å². The predicted molar refractivity (Wildman–Crippen MR) is 72.1 cm³/mol. The molecule has 0 bridgehead atoms. The van der Waals surface area contributed by atoms with Gasteiger partial charge in [-0.3, -0.25) is 10.1 Å². The maximum absolute atomic E-state index is 10.9. The van der Waals surface area contributed by atoms with Gasteiger partial charge in [-0.15, -0.1) is 11.8 Å². The van der Waals surface area contributed by atoms with Crippen molar-refractivity contribution in [2.75, 3.05) is 0 Å². The molecule has 17 heavy (non-hydrogen) atoms. The van der Waals surface area contributed by atoms with Gasteiger partial charge < -0.3 is 0 Å². The lowest BCUT2D eigenvalue weighted by molar-refractivity contribution is -0.517. The topological polar surface area (TPSA) is 43.1 Å². The second-order valence-corrected chi connectivity index (χ2v) is 5.45. The van der Waals surface area contributed by atoms with Crippen LogP contribution in [-0.2, 0) is 0 Å². The largest absolute Gasteiger partial charge is 0.264 e. The van der Waals surface area contributed by atoms with Gasteiger partial charge in [0.2, 0.25) is 6.04 Å². The molecular formula is C13H19NO2S. The summed E-state index contributed by atoms with van der Waals surface area (Å²) >= 11 is 1.62. The van der Waals surface area contributed by atoms with Gasteiger partial charge in [0.25, 0.3) is 0 Å². The van der Waals surface area contributed by atoms with Gasteiger partial charge in [-0.05, 0) is 18.6 Å². The van der Waals surface area contributed by atoms with Crippen LogP contribution in [0.1, 0.15) is 33.1 Å². The lowest BCUT2D eigenvalue weighted by Gasteiger charge is -2.17. The molecule has 0 heterocycles. The first-order chi connectivity index (χ1) is 8.15. The molecule has 0 fully saturated rings. The third-order valence-electron chi connectivity index (χ3n) is 2.74. The molecule has 0 aliphatic heterocycles. The maximum Gasteiger partial charge on any atom is 0.222 e. The van der Waals surface area contributed by atoms with Gasteiger partial charge in [0.15, 0.2) is 0 Å². The van der Waals surface area contributed by atoms with Crippen LogP contribution in [0.15, 0.2) is 35.2 Å². The minimum atomic E-state index is -0.494. The summed E-state index contributed by atoms with van der Waals surface area (Å²) in [6.45, 7) is 3.82. The van der Waals surface area contributed by atoms with E-state index in [4.69, 9.17) is 0 Å². The number of nitrogens with zero attached hydrogens (tertiary/aromatic N) is 1. The van der Waals surface area contributed by atoms with Crippen molar-refractivity contribution in [1.29, 1.82) is 0 Å². The number of nitro groups is 1. The van der Waals surface area contributed by atoms with Crippen LogP contribution in [0.5, 0.6) is 0 Å². The summed E-state index contributed by atoms with van der Waals surface area (Å²) in [6.07, 6.45) is 3.02. The zero-order valence-corrected chi connectivity index (χ0v) is 11.2. The first kappa shape index (κ1) is 14.0. The average molecular weight is 253 g/mol. The fraction of sp³-hybridized carbons (Fsp3) is 0.538. The summed E-state index contributed by atoms with van der Waals surface area (Å²) in [4.78, 5) is 11.8. The summed E-state index contributed by atoms with van der Waals surface area (Å²) in [5, 5.41) is 10.9. The minimum Gasteiger partial charge on any atom is -0.264 e. The Hall–Kier alpha value is -1.03. The molecular weight excluding hydrogens is 234 g/mol. The number of hydrogen-bond donors (Lipinski definition) is 0. The van der Waals surface area contributed by atoms with Crippen LogP contribution in [-0.4, -0.2) is 16.2 Å². The van der Waals surface area contributed by atoms with E-state index in [-0.39, 0.29) is 10.2 Å². The van der Waals surface area contributed by atoms with Crippen molar-refractivity contribution < 1.29 is 4.92 Å². The third kappa shape index (κ3) is 4.77. The van der Waals surface area contributed by atoms with Gasteiger partial charge in [0, 0.05) is 16.7 Å². The number of benzene rings is 1. The Bertz CT molecular complexity index is 343. The molecule has 0 saturated carbocycles. The zero-order chi connectivity index (χ0) is 12.7. The van der Waals surface area contributed by atoms with E-state index < -0.39 is 6.04 Å². The highest BCUT2D eigenvalue weighted by molar-refractivity contribution is 8.00. The molecule has 1 rings (SSSR count). The van der Waals surface area contributed by atoms with E-state index in [2.05, 4.69) is 6.92 Å². The van der Waals surface area contributed by atoms with Crippen LogP contribution in [0, 0.1) is 10.1 Å². The van der Waals surface area contributed by atoms with Gasteiger partial charge >= 0.3 is 0 Å². The Balaban J connectivity index is 2.66. The second-order valence-electron chi connectivity index (χ2n) is 4.14. The molecule has 0 saturated heterocycles. The van der Waals surface area contributed by atoms with Crippen molar-refractivity contribution in [3.63, 3.8) is 0 Å². The Morgan fingerprint density at radius 2 is 2.00 bits per heavy atom. The molecule has 0 N–H and O–H groups in total. The SMILES string of the molecule is CCCC[C@@H](Sc1ccccc1)[C@@H](C)[N+](=O)[O-]. The van der Waals surface area contributed by atoms with Crippen molar-refractivity contribution in [1.82, 2.24) is 0 Å². The fourth-order valence-corrected chi connectivity index (χ4v) is 2.86. The molecule has 94 valence electrons. The zero-order valence-electron chi connectivity index (χ0n) is 10.3. The number of unbranched alkanes of at least 4 members (excludes halogenated alkanes) is 1. The van der Waals surface area contributed by atoms with Crippen molar-refractivity contribution in [3.05, 3.63) is 40.4 Å². The van der Waals surface area contributed by atoms with E-state index >= 15 is 0 Å². The molecule has 0 spiro atoms. The van der Waals surface area contributed by atoms with E-state index in [1.165, 1.54) is 0 Å². The molecule has 1 aromatic carbocycles. The van der Waals surface area contributed by atoms with E-state index in [1.807, 2.05) is 30.3 Å². The molecule has 0 aromatic heterocycles. The smallest absolute Gasteiger partial charge is 0.222 e. The normalized spacial score (nSPS) is 14.2. The van der Waals surface area contributed by atoms with Gasteiger partial charge in [-0.25, -0.2) is 0 Å². The lowest BCUT2D eigenvalue weighted by atomic mass is 10.1. The van der Waals surface area contributed by atoms with Crippen molar-refractivity contribution in [2.24, 2.45) is 0 Å². The quantitative estimate of drug-likeness (QED) is 0.419. The van der Waals surface area contributed by atoms with Crippen LogP contribution >= 0.6 is 11.8 Å². The number of thioether (sulfide) groups is 1. The standard InChI is InChI=1S/C13H19NO2S/c1-3-4-10-13(11(2)14(15)16)17-12-8-6-5-7-9-12/h5-9,11,13H,3-4,10H2,1-2H3/t11-,13-/m1/s1. The van der Waals surface area contributed by atoms with E-state index in [1.54, 1.807) is 18.7 Å². The third-order valence-corrected chi connectivity index (χ3v) is 4.22. The van der Waals surface area contributed by atoms with Gasteiger partial charge in [0.05, 0.1) is 5.25 Å². The Labute approximate surface area is 107 Å². The van der Waals surface area contributed by atoms with Crippen molar-refractivity contribution in [3.8, 4) is 0 Å². The highest BCUT2D eigenvalue weighted by atomic mass is 32.2. The second kappa shape index (κ2) is 7.33. The van der Waals surface area contributed by atoms with Crippen molar-refractivity contribution in [2.45, 2.75) is 49.3 Å². The average Bonchev–Trinajstić information content (AvgIpc) is 2.34. The van der Waals surface area contributed by atoms with Crippen LogP contribution in [0.2, 0.25) is 0 Å². The van der Waals surface area contributed by atoms with Gasteiger partial charge in [-0.1, -0.05) is 38.0 Å². The Morgan fingerprint density at radius 3 is 2.53 bits per heavy atom. The van der Waals surface area contributed by atoms with Crippen LogP contribution in [0.25, 0.3) is 0 Å². The molecule has 0 aliphatic carbocycles. The van der Waals surface area contributed by atoms with E-state index in [9.17, 15) is 10.1 Å². The minimum absolute atomic E-state index is 0.0624. The first-order valence-corrected chi connectivity index (χ1v) is 6.88. The summed E-state index contributed by atoms with van der Waals surface area (Å²) in [7, 11) is 0. The Morgan fingerprint density at radius 1 is 1.35 bits per heavy atom. The summed E-state index contributed by atoms with van der Waals surface area (Å²) in [5.74, 6) is 0. The fourth-order valence-electron chi connectivity index (χ4n) is 1.61. The van der Waals surface area contributed by atoms with E-state index in [0.29, 0.717) is 0 Å². The highest BCUT2D eigenvalue weighted by Crippen LogP contribution is 2.29. The lowest BCUT2D eigenvalue weighted by Crippen LogP contribution is -2.28. The molecule has 4 heteroatoms. The monoisotopic (exact) mass is 253 g/mol. The van der Waals surface area contributed by atoms with Gasteiger partial charge in [-0.2, -0.15) is 0 Å². The molecule has 0 unspecified atom stereocenters. The molecule has 0 aliphatic rings. The molecule has 2 atom stereocenters. The van der Waals surface area contributed by atoms with Crippen LogP contribution in [0.3, 0.4) is 0 Å². The molecule has 1 aromatic rings. The summed E-state index contributed by atoms with van der Waals surface area (Å²) in [5.41, 5.74) is 0. The highest BCUT2D eigenvalue weighted by Gasteiger charge is 2.26. The molecule has 0 amide bonds. The summed E-state index contributed by atoms with van der Waals surface area (Å²) in [6, 6.07) is 9.42. The molecule has 0 radical (unpaired) electrons. The molecule has 3 nitrogen and oxygen atoms in total. The van der Waals surface area contributed by atoms with Gasteiger partial charge in [0.1, 0.15) is 0 Å². The first-order valence-electron chi connectivity index (χ1n) is 6.00. The predicted octanol–water partition coefficient (Wildman–Crippen LogP) is 4.00. The van der Waals surface area contributed by atoms with Crippen LogP contribution in [0.4, 0.5) is 0 Å². The Kier molecular flexibility index (Phi) is 6.05. The number of hydrogen-bond acceptors (Lipinski definition) is 3. The number of rotatable bonds is 7. The van der Waals surface area contributed by atoms with Crippen LogP contribution < -0.4 is 0 Å². The van der Waals surface area contributed by atoms with E-state index in [0.717, 1.165) is 24.2 Å². The summed E-state index contributed by atoms with van der Waals surface area (Å²) < 4.78 is 0. The maximum atomic E-state index is 10.9.